The van der Waals surface area contributed by atoms with Gasteiger partial charge in [-0.3, -0.25) is 4.40 Å². The third kappa shape index (κ3) is 2.55. The van der Waals surface area contributed by atoms with Crippen molar-refractivity contribution in [3.63, 3.8) is 0 Å². The first kappa shape index (κ1) is 14.5. The zero-order chi connectivity index (χ0) is 15.7. The molecule has 114 valence electrons. The molecule has 3 aromatic rings. The van der Waals surface area contributed by atoms with Gasteiger partial charge in [-0.1, -0.05) is 12.1 Å². The summed E-state index contributed by atoms with van der Waals surface area (Å²) in [6.07, 6.45) is 1.66. The van der Waals surface area contributed by atoms with Crippen molar-refractivity contribution in [2.75, 3.05) is 0 Å². The van der Waals surface area contributed by atoms with E-state index in [9.17, 15) is 17.2 Å². The molecule has 0 bridgehead atoms. The Morgan fingerprint density at radius 2 is 1.77 bits per heavy atom. The highest BCUT2D eigenvalue weighted by Crippen LogP contribution is 2.18. The minimum Gasteiger partial charge on any atom is -0.285 e. The summed E-state index contributed by atoms with van der Waals surface area (Å²) in [5.74, 6) is -2.01. The molecule has 0 aliphatic carbocycles. The van der Waals surface area contributed by atoms with E-state index < -0.39 is 26.6 Å². The van der Waals surface area contributed by atoms with Crippen LogP contribution in [0.4, 0.5) is 8.78 Å². The van der Waals surface area contributed by atoms with Crippen molar-refractivity contribution in [3.05, 3.63) is 60.1 Å². The average Bonchev–Trinajstić information content (AvgIpc) is 2.88. The molecule has 0 radical (unpaired) electrons. The van der Waals surface area contributed by atoms with Crippen LogP contribution in [0.5, 0.6) is 0 Å². The molecule has 0 spiro atoms. The molecule has 2 heterocycles. The van der Waals surface area contributed by atoms with Crippen LogP contribution in [-0.2, 0) is 16.6 Å². The fourth-order valence-corrected chi connectivity index (χ4v) is 3.10. The van der Waals surface area contributed by atoms with Crippen LogP contribution < -0.4 is 4.72 Å². The van der Waals surface area contributed by atoms with Crippen LogP contribution in [0.2, 0.25) is 0 Å². The standard InChI is InChI=1S/C13H10F2N4O2S/c14-9-4-3-5-10(15)13(9)22(20,21)16-8-12-18-17-11-6-1-2-7-19(11)12/h1-7,16H,8H2. The Morgan fingerprint density at radius 1 is 1.05 bits per heavy atom. The van der Waals surface area contributed by atoms with Gasteiger partial charge < -0.3 is 0 Å². The van der Waals surface area contributed by atoms with Crippen LogP contribution in [0.1, 0.15) is 5.82 Å². The summed E-state index contributed by atoms with van der Waals surface area (Å²) in [4.78, 5) is -1.01. The lowest BCUT2D eigenvalue weighted by molar-refractivity contribution is 0.513. The number of nitrogens with zero attached hydrogens (tertiary/aromatic N) is 3. The molecule has 0 fully saturated rings. The van der Waals surface area contributed by atoms with E-state index in [1.807, 2.05) is 0 Å². The topological polar surface area (TPSA) is 76.4 Å². The summed E-state index contributed by atoms with van der Waals surface area (Å²) >= 11 is 0. The maximum absolute atomic E-state index is 13.6. The summed E-state index contributed by atoms with van der Waals surface area (Å²) in [6.45, 7) is -0.249. The van der Waals surface area contributed by atoms with Gasteiger partial charge in [0.25, 0.3) is 0 Å². The Hall–Kier alpha value is -2.39. The predicted molar refractivity (Wildman–Crippen MR) is 73.4 cm³/mol. The molecule has 2 aromatic heterocycles. The fourth-order valence-electron chi connectivity index (χ4n) is 1.98. The molecule has 0 saturated carbocycles. The van der Waals surface area contributed by atoms with Crippen molar-refractivity contribution in [3.8, 4) is 0 Å². The molecular formula is C13H10F2N4O2S. The van der Waals surface area contributed by atoms with Crippen molar-refractivity contribution in [2.24, 2.45) is 0 Å². The minimum atomic E-state index is -4.35. The van der Waals surface area contributed by atoms with Crippen molar-refractivity contribution in [1.29, 1.82) is 0 Å². The van der Waals surface area contributed by atoms with Crippen molar-refractivity contribution in [2.45, 2.75) is 11.4 Å². The molecule has 6 nitrogen and oxygen atoms in total. The maximum atomic E-state index is 13.6. The first-order chi connectivity index (χ1) is 10.5. The van der Waals surface area contributed by atoms with Crippen LogP contribution in [0.3, 0.4) is 0 Å². The molecule has 0 unspecified atom stereocenters. The van der Waals surface area contributed by atoms with Crippen LogP contribution in [-0.4, -0.2) is 23.0 Å². The highest BCUT2D eigenvalue weighted by molar-refractivity contribution is 7.89. The fraction of sp³-hybridized carbons (Fsp3) is 0.0769. The monoisotopic (exact) mass is 324 g/mol. The predicted octanol–water partition coefficient (Wildman–Crippen LogP) is 1.49. The number of hydrogen-bond acceptors (Lipinski definition) is 4. The molecule has 0 aliphatic rings. The Morgan fingerprint density at radius 3 is 2.50 bits per heavy atom. The average molecular weight is 324 g/mol. The number of rotatable bonds is 4. The largest absolute Gasteiger partial charge is 0.285 e. The van der Waals surface area contributed by atoms with Crippen LogP contribution in [0.25, 0.3) is 5.65 Å². The van der Waals surface area contributed by atoms with Gasteiger partial charge >= 0.3 is 0 Å². The lowest BCUT2D eigenvalue weighted by Crippen LogP contribution is -2.26. The Bertz CT molecular complexity index is 920. The number of aromatic nitrogens is 3. The maximum Gasteiger partial charge on any atom is 0.246 e. The molecule has 1 N–H and O–H groups in total. The lowest BCUT2D eigenvalue weighted by atomic mass is 10.3. The van der Waals surface area contributed by atoms with Gasteiger partial charge in [0.05, 0.1) is 6.54 Å². The first-order valence-corrected chi connectivity index (χ1v) is 7.70. The van der Waals surface area contributed by atoms with E-state index in [-0.39, 0.29) is 6.54 Å². The molecule has 9 heteroatoms. The van der Waals surface area contributed by atoms with E-state index in [0.717, 1.165) is 18.2 Å². The van der Waals surface area contributed by atoms with Crippen LogP contribution >= 0.6 is 0 Å². The second kappa shape index (κ2) is 5.43. The van der Waals surface area contributed by atoms with E-state index in [1.165, 1.54) is 0 Å². The summed E-state index contributed by atoms with van der Waals surface area (Å²) in [5, 5.41) is 7.69. The summed E-state index contributed by atoms with van der Waals surface area (Å²) in [7, 11) is -4.35. The molecule has 1 aromatic carbocycles. The molecule has 0 aliphatic heterocycles. The summed E-state index contributed by atoms with van der Waals surface area (Å²) in [5.41, 5.74) is 0.536. The second-order valence-corrected chi connectivity index (χ2v) is 6.12. The van der Waals surface area contributed by atoms with Crippen LogP contribution in [0.15, 0.2) is 47.5 Å². The molecule has 0 atom stereocenters. The van der Waals surface area contributed by atoms with Gasteiger partial charge in [0.1, 0.15) is 11.6 Å². The van der Waals surface area contributed by atoms with E-state index in [1.54, 1.807) is 28.8 Å². The number of pyridine rings is 1. The van der Waals surface area contributed by atoms with Crippen molar-refractivity contribution < 1.29 is 17.2 Å². The zero-order valence-corrected chi connectivity index (χ0v) is 11.9. The number of hydrogen-bond donors (Lipinski definition) is 1. The number of sulfonamides is 1. The Labute approximate surface area is 124 Å². The van der Waals surface area contributed by atoms with Crippen molar-refractivity contribution in [1.82, 2.24) is 19.3 Å². The van der Waals surface area contributed by atoms with E-state index in [2.05, 4.69) is 14.9 Å². The van der Waals surface area contributed by atoms with E-state index >= 15 is 0 Å². The number of fused-ring (bicyclic) bond motifs is 1. The molecular weight excluding hydrogens is 314 g/mol. The van der Waals surface area contributed by atoms with Gasteiger partial charge in [0, 0.05) is 6.20 Å². The summed E-state index contributed by atoms with van der Waals surface area (Å²) < 4.78 is 54.9. The zero-order valence-electron chi connectivity index (χ0n) is 11.1. The third-order valence-electron chi connectivity index (χ3n) is 2.99. The lowest BCUT2D eigenvalue weighted by Gasteiger charge is -2.07. The Balaban J connectivity index is 1.90. The molecule has 22 heavy (non-hydrogen) atoms. The van der Waals surface area contributed by atoms with Gasteiger partial charge in [-0.25, -0.2) is 21.9 Å². The van der Waals surface area contributed by atoms with Gasteiger partial charge in [0.2, 0.25) is 10.0 Å². The third-order valence-corrected chi connectivity index (χ3v) is 4.44. The highest BCUT2D eigenvalue weighted by atomic mass is 32.2. The smallest absolute Gasteiger partial charge is 0.246 e. The minimum absolute atomic E-state index is 0.249. The molecule has 3 rings (SSSR count). The highest BCUT2D eigenvalue weighted by Gasteiger charge is 2.24. The van der Waals surface area contributed by atoms with Gasteiger partial charge in [-0.15, -0.1) is 10.2 Å². The molecule has 0 amide bonds. The van der Waals surface area contributed by atoms with E-state index in [4.69, 9.17) is 0 Å². The quantitative estimate of drug-likeness (QED) is 0.789. The summed E-state index contributed by atoms with van der Waals surface area (Å²) in [6, 6.07) is 8.03. The number of benzene rings is 1. The van der Waals surface area contributed by atoms with E-state index in [0.29, 0.717) is 11.5 Å². The normalized spacial score (nSPS) is 11.9. The first-order valence-electron chi connectivity index (χ1n) is 6.21. The number of nitrogens with one attached hydrogen (secondary N) is 1. The van der Waals surface area contributed by atoms with Gasteiger partial charge in [-0.05, 0) is 24.3 Å². The van der Waals surface area contributed by atoms with Gasteiger partial charge in [0.15, 0.2) is 16.4 Å². The van der Waals surface area contributed by atoms with Crippen LogP contribution in [0, 0.1) is 11.6 Å². The van der Waals surface area contributed by atoms with Gasteiger partial charge in [-0.2, -0.15) is 0 Å². The number of halogens is 2. The van der Waals surface area contributed by atoms with Crippen molar-refractivity contribution >= 4 is 15.7 Å². The molecule has 0 saturated heterocycles. The second-order valence-electron chi connectivity index (χ2n) is 4.42. The SMILES string of the molecule is O=S(=O)(NCc1nnc2ccccn12)c1c(F)cccc1F. The Kier molecular flexibility index (Phi) is 3.59.